The minimum absolute atomic E-state index is 0. The Balaban J connectivity index is 0.000000804. The first-order chi connectivity index (χ1) is 12.6. The van der Waals surface area contributed by atoms with Crippen molar-refractivity contribution in [3.05, 3.63) is 96.6 Å². The van der Waals surface area contributed by atoms with Gasteiger partial charge in [-0.05, 0) is 24.1 Å². The van der Waals surface area contributed by atoms with Gasteiger partial charge in [0.2, 0.25) is 0 Å². The van der Waals surface area contributed by atoms with Crippen LogP contribution in [-0.2, 0) is 39.2 Å². The van der Waals surface area contributed by atoms with Crippen LogP contribution in [0.4, 0.5) is 0 Å². The van der Waals surface area contributed by atoms with Crippen LogP contribution in [0.15, 0.2) is 91.0 Å². The molecule has 6 heteroatoms. The Kier molecular flexibility index (Phi) is 14.6. The molecule has 3 aromatic rings. The quantitative estimate of drug-likeness (QED) is 0.216. The van der Waals surface area contributed by atoms with E-state index in [0.717, 1.165) is 6.16 Å². The molecule has 0 saturated carbocycles. The second-order valence-electron chi connectivity index (χ2n) is 5.90. The molecular weight excluding hydrogens is 515 g/mol. The first kappa shape index (κ1) is 27.2. The summed E-state index contributed by atoms with van der Waals surface area (Å²) in [4.78, 5) is 1.71. The van der Waals surface area contributed by atoms with E-state index in [2.05, 4.69) is 116 Å². The van der Waals surface area contributed by atoms with Gasteiger partial charge in [0.25, 0.3) is 0 Å². The maximum atomic E-state index is 4.56. The summed E-state index contributed by atoms with van der Waals surface area (Å²) in [6.07, 6.45) is 1.10. The third-order valence-electron chi connectivity index (χ3n) is 3.68. The summed E-state index contributed by atoms with van der Waals surface area (Å²) in [6, 6.07) is 32.5. The monoisotopic (exact) mass is 537 g/mol. The van der Waals surface area contributed by atoms with Crippen molar-refractivity contribution in [2.75, 3.05) is 14.1 Å². The standard InChI is InChI=1S/C19H17P.C3H7NS2.ClH.Pd/c1-4-10-17(11-5-1)16-20(18-12-6-2-7-13-18)19-14-8-3-9-15-19;1-4(2)3(5)6;;/h1-15H,16H2;1-2H3,(H,5,6);1H;/q;;;+2/p-2. The average molecular weight is 538 g/mol. The molecule has 0 heterocycles. The molecular formula is C22H23ClNPPdS2. The molecule has 0 saturated heterocycles. The summed E-state index contributed by atoms with van der Waals surface area (Å²) in [5, 5.41) is 2.88. The molecule has 3 aromatic carbocycles. The van der Waals surface area contributed by atoms with Gasteiger partial charge in [-0.1, -0.05) is 95.3 Å². The van der Waals surface area contributed by atoms with E-state index in [-0.39, 0.29) is 40.8 Å². The Morgan fingerprint density at radius 2 is 1.11 bits per heavy atom. The van der Waals surface area contributed by atoms with E-state index in [9.17, 15) is 0 Å². The maximum absolute atomic E-state index is 4.56. The molecule has 0 aliphatic heterocycles. The van der Waals surface area contributed by atoms with Crippen LogP contribution in [0.3, 0.4) is 0 Å². The number of nitrogens with zero attached hydrogens (tertiary/aromatic N) is 1. The van der Waals surface area contributed by atoms with Gasteiger partial charge < -0.3 is 42.2 Å². The minimum Gasteiger partial charge on any atom is -1.00 e. The van der Waals surface area contributed by atoms with Crippen molar-refractivity contribution in [2.45, 2.75) is 6.16 Å². The molecule has 0 aliphatic carbocycles. The molecule has 0 fully saturated rings. The van der Waals surface area contributed by atoms with E-state index >= 15 is 0 Å². The fourth-order valence-corrected chi connectivity index (χ4v) is 4.62. The van der Waals surface area contributed by atoms with Crippen molar-refractivity contribution in [1.82, 2.24) is 4.90 Å². The molecule has 0 atom stereocenters. The number of hydrogen-bond acceptors (Lipinski definition) is 2. The minimum atomic E-state index is -0.327. The number of benzene rings is 3. The fourth-order valence-electron chi connectivity index (χ4n) is 2.31. The number of hydrogen-bond donors (Lipinski definition) is 0. The van der Waals surface area contributed by atoms with Crippen LogP contribution >= 0.6 is 20.1 Å². The van der Waals surface area contributed by atoms with E-state index in [1.54, 1.807) is 4.90 Å². The van der Waals surface area contributed by atoms with Gasteiger partial charge in [0.1, 0.15) is 0 Å². The largest absolute Gasteiger partial charge is 2.00 e. The van der Waals surface area contributed by atoms with Gasteiger partial charge in [-0.25, -0.2) is 0 Å². The molecule has 0 bridgehead atoms. The fraction of sp³-hybridized carbons (Fsp3) is 0.136. The van der Waals surface area contributed by atoms with Crippen LogP contribution in [0, 0.1) is 0 Å². The molecule has 150 valence electrons. The zero-order valence-electron chi connectivity index (χ0n) is 15.8. The van der Waals surface area contributed by atoms with Crippen molar-refractivity contribution >= 4 is 47.7 Å². The van der Waals surface area contributed by atoms with Crippen LogP contribution in [0.2, 0.25) is 0 Å². The molecule has 0 aromatic heterocycles. The van der Waals surface area contributed by atoms with Crippen molar-refractivity contribution in [3.8, 4) is 0 Å². The maximum Gasteiger partial charge on any atom is 2.00 e. The third kappa shape index (κ3) is 9.57. The van der Waals surface area contributed by atoms with E-state index in [1.807, 2.05) is 14.1 Å². The normalized spacial score (nSPS) is 9.25. The summed E-state index contributed by atoms with van der Waals surface area (Å²) >= 11 is 9.12. The summed E-state index contributed by atoms with van der Waals surface area (Å²) in [5.41, 5.74) is 1.41. The molecule has 0 aliphatic rings. The number of thiocarbonyl (C=S) groups is 1. The van der Waals surface area contributed by atoms with Crippen LogP contribution in [0.25, 0.3) is 0 Å². The second-order valence-corrected chi connectivity index (χ2v) is 9.14. The summed E-state index contributed by atoms with van der Waals surface area (Å²) in [6.45, 7) is 0. The van der Waals surface area contributed by atoms with Crippen molar-refractivity contribution in [3.63, 3.8) is 0 Å². The van der Waals surface area contributed by atoms with E-state index in [4.69, 9.17) is 0 Å². The van der Waals surface area contributed by atoms with Crippen molar-refractivity contribution < 1.29 is 32.8 Å². The van der Waals surface area contributed by atoms with Gasteiger partial charge in [-0.3, -0.25) is 0 Å². The predicted molar refractivity (Wildman–Crippen MR) is 123 cm³/mol. The Labute approximate surface area is 201 Å². The Morgan fingerprint density at radius 3 is 1.43 bits per heavy atom. The molecule has 0 radical (unpaired) electrons. The van der Waals surface area contributed by atoms with Gasteiger partial charge in [-0.15, -0.1) is 0 Å². The van der Waals surface area contributed by atoms with Crippen molar-refractivity contribution in [2.24, 2.45) is 0 Å². The summed E-state index contributed by atoms with van der Waals surface area (Å²) < 4.78 is 0.509. The Hall–Kier alpha value is -0.848. The first-order valence-electron chi connectivity index (χ1n) is 8.38. The topological polar surface area (TPSA) is 3.24 Å². The van der Waals surface area contributed by atoms with E-state index < -0.39 is 0 Å². The zero-order chi connectivity index (χ0) is 18.8. The van der Waals surface area contributed by atoms with Gasteiger partial charge >= 0.3 is 20.4 Å². The van der Waals surface area contributed by atoms with Gasteiger partial charge in [0.05, 0.1) is 0 Å². The van der Waals surface area contributed by atoms with Gasteiger partial charge in [-0.2, -0.15) is 0 Å². The van der Waals surface area contributed by atoms with Crippen LogP contribution in [-0.4, -0.2) is 23.3 Å². The van der Waals surface area contributed by atoms with Crippen LogP contribution < -0.4 is 23.0 Å². The zero-order valence-corrected chi connectivity index (χ0v) is 20.6. The molecule has 28 heavy (non-hydrogen) atoms. The molecule has 0 amide bonds. The predicted octanol–water partition coefficient (Wildman–Crippen LogP) is 1.70. The van der Waals surface area contributed by atoms with E-state index in [0.29, 0.717) is 4.32 Å². The smallest absolute Gasteiger partial charge is 1.00 e. The summed E-state index contributed by atoms with van der Waals surface area (Å²) in [7, 11) is 3.33. The summed E-state index contributed by atoms with van der Waals surface area (Å²) in [5.74, 6) is 0. The van der Waals surface area contributed by atoms with Gasteiger partial charge in [0.15, 0.2) is 0 Å². The van der Waals surface area contributed by atoms with Gasteiger partial charge in [0, 0.05) is 20.3 Å². The molecule has 0 unspecified atom stereocenters. The van der Waals surface area contributed by atoms with Crippen LogP contribution in [0.5, 0.6) is 0 Å². The molecule has 0 spiro atoms. The molecule has 1 nitrogen and oxygen atoms in total. The first-order valence-corrected chi connectivity index (χ1v) is 10.7. The molecule has 3 rings (SSSR count). The third-order valence-corrected chi connectivity index (χ3v) is 6.94. The second kappa shape index (κ2) is 15.1. The molecule has 0 N–H and O–H groups in total. The SMILES string of the molecule is CN(C)C(=S)[S-].[Cl-].[Pd+2].c1ccc(CP(c2ccccc2)c2ccccc2)cc1. The Morgan fingerprint density at radius 1 is 0.786 bits per heavy atom. The average Bonchev–Trinajstić information content (AvgIpc) is 2.69. The van der Waals surface area contributed by atoms with Crippen LogP contribution in [0.1, 0.15) is 5.56 Å². The number of halogens is 1. The Bertz CT molecular complexity index is 750. The van der Waals surface area contributed by atoms with Crippen molar-refractivity contribution in [1.29, 1.82) is 0 Å². The van der Waals surface area contributed by atoms with E-state index in [1.165, 1.54) is 16.2 Å². The number of rotatable bonds is 4.